The molecule has 0 aromatic rings. The van der Waals surface area contributed by atoms with Crippen LogP contribution in [0.4, 0.5) is 0 Å². The molecule has 2 aliphatic heterocycles. The van der Waals surface area contributed by atoms with Gasteiger partial charge in [0, 0.05) is 25.5 Å². The zero-order valence-corrected chi connectivity index (χ0v) is 9.54. The van der Waals surface area contributed by atoms with Crippen LogP contribution in [0.25, 0.3) is 0 Å². The van der Waals surface area contributed by atoms with Crippen LogP contribution in [-0.4, -0.2) is 56.9 Å². The lowest BCUT2D eigenvalue weighted by atomic mass is 9.90. The van der Waals surface area contributed by atoms with Gasteiger partial charge in [-0.15, -0.1) is 11.8 Å². The van der Waals surface area contributed by atoms with Gasteiger partial charge in [0.1, 0.15) is 19.6 Å². The van der Waals surface area contributed by atoms with Crippen molar-refractivity contribution in [1.29, 1.82) is 0 Å². The van der Waals surface area contributed by atoms with E-state index in [-0.39, 0.29) is 23.0 Å². The lowest BCUT2D eigenvalue weighted by molar-refractivity contribution is -0.111. The maximum Gasteiger partial charge on any atom is 0.129 e. The van der Waals surface area contributed by atoms with Crippen LogP contribution in [0.1, 0.15) is 6.92 Å². The van der Waals surface area contributed by atoms with Crippen molar-refractivity contribution < 1.29 is 14.2 Å². The number of ether oxygens (including phenoxy) is 3. The fourth-order valence-corrected chi connectivity index (χ4v) is 4.11. The Balaban J connectivity index is 2.25. The molecule has 14 heavy (non-hydrogen) atoms. The van der Waals surface area contributed by atoms with Crippen LogP contribution in [0.15, 0.2) is 0 Å². The molecule has 0 aromatic carbocycles. The van der Waals surface area contributed by atoms with E-state index in [9.17, 15) is 0 Å². The molecule has 2 bridgehead atoms. The summed E-state index contributed by atoms with van der Waals surface area (Å²) in [7, 11) is 9.28. The molecule has 0 amide bonds. The molecular formula is C9H15BO3S. The van der Waals surface area contributed by atoms with Crippen LogP contribution in [0.2, 0.25) is 0 Å². The Hall–Kier alpha value is 0.295. The molecule has 5 atom stereocenters. The fourth-order valence-electron chi connectivity index (χ4n) is 2.46. The number of rotatable bonds is 3. The first-order valence-electron chi connectivity index (χ1n) is 4.76. The van der Waals surface area contributed by atoms with Crippen molar-refractivity contribution in [3.63, 3.8) is 0 Å². The van der Waals surface area contributed by atoms with Crippen LogP contribution in [-0.2, 0) is 14.2 Å². The average molecular weight is 214 g/mol. The van der Waals surface area contributed by atoms with Gasteiger partial charge in [-0.2, -0.15) is 0 Å². The monoisotopic (exact) mass is 214 g/mol. The Morgan fingerprint density at radius 1 is 1.50 bits per heavy atom. The Labute approximate surface area is 90.3 Å². The van der Waals surface area contributed by atoms with E-state index in [2.05, 4.69) is 6.92 Å². The van der Waals surface area contributed by atoms with Crippen LogP contribution >= 0.6 is 11.8 Å². The molecule has 2 radical (unpaired) electrons. The minimum Gasteiger partial charge on any atom is -0.382 e. The van der Waals surface area contributed by atoms with Crippen molar-refractivity contribution >= 4 is 19.6 Å². The summed E-state index contributed by atoms with van der Waals surface area (Å²) in [6, 6.07) is -0.226. The number of thioether (sulfide) groups is 1. The van der Waals surface area contributed by atoms with Crippen LogP contribution in [0.5, 0.6) is 0 Å². The first-order chi connectivity index (χ1) is 6.65. The maximum absolute atomic E-state index is 5.88. The van der Waals surface area contributed by atoms with E-state index in [1.165, 1.54) is 0 Å². The molecule has 0 spiro atoms. The van der Waals surface area contributed by atoms with Gasteiger partial charge in [0.25, 0.3) is 0 Å². The van der Waals surface area contributed by atoms with Gasteiger partial charge in [-0.1, -0.05) is 6.92 Å². The predicted octanol–water partition coefficient (Wildman–Crippen LogP) is 0.415. The highest BCUT2D eigenvalue weighted by atomic mass is 32.2. The molecule has 0 aliphatic carbocycles. The summed E-state index contributed by atoms with van der Waals surface area (Å²) in [4.78, 5) is 0. The van der Waals surface area contributed by atoms with Crippen LogP contribution in [0, 0.1) is 0 Å². The summed E-state index contributed by atoms with van der Waals surface area (Å²) in [5.74, 6) is 0. The third kappa shape index (κ3) is 1.26. The molecule has 2 aliphatic rings. The van der Waals surface area contributed by atoms with E-state index in [0.717, 1.165) is 0 Å². The van der Waals surface area contributed by atoms with E-state index >= 15 is 0 Å². The molecule has 2 fully saturated rings. The average Bonchev–Trinajstić information content (AvgIpc) is 2.54. The van der Waals surface area contributed by atoms with Crippen molar-refractivity contribution in [3.8, 4) is 0 Å². The normalized spacial score (nSPS) is 51.4. The molecule has 2 rings (SSSR count). The third-order valence-electron chi connectivity index (χ3n) is 3.13. The summed E-state index contributed by atoms with van der Waals surface area (Å²) >= 11 is 1.84. The number of hydrogen-bond donors (Lipinski definition) is 0. The second-order valence-corrected chi connectivity index (χ2v) is 5.39. The second-order valence-electron chi connectivity index (χ2n) is 3.87. The van der Waals surface area contributed by atoms with E-state index in [1.54, 1.807) is 14.2 Å². The van der Waals surface area contributed by atoms with E-state index < -0.39 is 0 Å². The highest BCUT2D eigenvalue weighted by molar-refractivity contribution is 8.01. The summed E-state index contributed by atoms with van der Waals surface area (Å²) in [5, 5.41) is 0.613. The minimum atomic E-state index is -0.349. The quantitative estimate of drug-likeness (QED) is 0.636. The Morgan fingerprint density at radius 3 is 2.79 bits per heavy atom. The number of hydrogen-bond acceptors (Lipinski definition) is 4. The highest BCUT2D eigenvalue weighted by Crippen LogP contribution is 2.52. The molecule has 3 unspecified atom stereocenters. The summed E-state index contributed by atoms with van der Waals surface area (Å²) < 4.78 is 16.5. The highest BCUT2D eigenvalue weighted by Gasteiger charge is 2.63. The lowest BCUT2D eigenvalue weighted by Gasteiger charge is -2.35. The van der Waals surface area contributed by atoms with Crippen molar-refractivity contribution in [2.24, 2.45) is 0 Å². The molecule has 0 N–H and O–H groups in total. The smallest absolute Gasteiger partial charge is 0.129 e. The van der Waals surface area contributed by atoms with Gasteiger partial charge in [-0.25, -0.2) is 0 Å². The molecule has 2 saturated heterocycles. The van der Waals surface area contributed by atoms with Crippen molar-refractivity contribution in [1.82, 2.24) is 0 Å². The van der Waals surface area contributed by atoms with Crippen molar-refractivity contribution in [3.05, 3.63) is 0 Å². The van der Waals surface area contributed by atoms with Crippen molar-refractivity contribution in [2.45, 2.75) is 35.1 Å². The van der Waals surface area contributed by atoms with Gasteiger partial charge in [-0.3, -0.25) is 0 Å². The van der Waals surface area contributed by atoms with E-state index in [4.69, 9.17) is 22.1 Å². The maximum atomic E-state index is 5.88. The summed E-state index contributed by atoms with van der Waals surface area (Å²) in [6.45, 7) is 2.69. The van der Waals surface area contributed by atoms with E-state index in [0.29, 0.717) is 11.9 Å². The predicted molar refractivity (Wildman–Crippen MR) is 56.9 cm³/mol. The van der Waals surface area contributed by atoms with Gasteiger partial charge in [0.15, 0.2) is 0 Å². The molecule has 78 valence electrons. The van der Waals surface area contributed by atoms with Gasteiger partial charge < -0.3 is 14.2 Å². The molecule has 0 aromatic heterocycles. The molecule has 0 saturated carbocycles. The fraction of sp³-hybridized carbons (Fsp3) is 1.00. The largest absolute Gasteiger partial charge is 0.382 e. The lowest BCUT2D eigenvalue weighted by Crippen LogP contribution is -2.49. The molecule has 2 heterocycles. The van der Waals surface area contributed by atoms with Gasteiger partial charge in [-0.05, 0) is 0 Å². The Bertz CT molecular complexity index is 228. The molecule has 3 nitrogen and oxygen atoms in total. The van der Waals surface area contributed by atoms with Crippen molar-refractivity contribution in [2.75, 3.05) is 20.8 Å². The summed E-state index contributed by atoms with van der Waals surface area (Å²) in [6.07, 6.45) is 0.0532. The standard InChI is InChI=1S/C9H15BO3S/c1-5-9(4-11-2)7(12-3)6(14-5)8(10)13-9/h5-8H,4H2,1-3H3/t5?,6?,7?,8-,9+/m1/s1. The number of methoxy groups -OCH3 is 2. The SMILES string of the molecule is [B][C@@H]1O[C@@]2(COC)C(C)SC1C2OC. The zero-order chi connectivity index (χ0) is 10.3. The van der Waals surface area contributed by atoms with Gasteiger partial charge in [0.2, 0.25) is 0 Å². The van der Waals surface area contributed by atoms with E-state index in [1.807, 2.05) is 11.8 Å². The number of fused-ring (bicyclic) bond motifs is 2. The van der Waals surface area contributed by atoms with Gasteiger partial charge >= 0.3 is 0 Å². The zero-order valence-electron chi connectivity index (χ0n) is 8.73. The molecule has 5 heteroatoms. The second kappa shape index (κ2) is 3.70. The summed E-state index contributed by atoms with van der Waals surface area (Å²) in [5.41, 5.74) is -0.349. The minimum absolute atomic E-state index is 0.0532. The Kier molecular flexibility index (Phi) is 2.86. The molecular weight excluding hydrogens is 199 g/mol. The third-order valence-corrected chi connectivity index (χ3v) is 4.77. The topological polar surface area (TPSA) is 27.7 Å². The first-order valence-corrected chi connectivity index (χ1v) is 5.70. The van der Waals surface area contributed by atoms with Crippen LogP contribution in [0.3, 0.4) is 0 Å². The van der Waals surface area contributed by atoms with Crippen LogP contribution < -0.4 is 0 Å². The Morgan fingerprint density at radius 2 is 2.21 bits per heavy atom. The van der Waals surface area contributed by atoms with Gasteiger partial charge in [0.05, 0.1) is 11.9 Å². The first kappa shape index (κ1) is 10.8.